The summed E-state index contributed by atoms with van der Waals surface area (Å²) in [5.74, 6) is 1.29. The lowest BCUT2D eigenvalue weighted by Crippen LogP contribution is -2.32. The Hall–Kier alpha value is -0.830. The van der Waals surface area contributed by atoms with Crippen molar-refractivity contribution < 1.29 is 0 Å². The molecule has 1 aromatic heterocycles. The molecule has 2 aliphatic rings. The van der Waals surface area contributed by atoms with Gasteiger partial charge in [-0.05, 0) is 25.7 Å². The van der Waals surface area contributed by atoms with Gasteiger partial charge in [0, 0.05) is 31.1 Å². The zero-order chi connectivity index (χ0) is 11.0. The third-order valence-electron chi connectivity index (χ3n) is 4.40. The van der Waals surface area contributed by atoms with Gasteiger partial charge in [0.2, 0.25) is 0 Å². The Morgan fingerprint density at radius 3 is 2.75 bits per heavy atom. The van der Waals surface area contributed by atoms with E-state index in [-0.39, 0.29) is 5.41 Å². The number of nitrogens with two attached hydrogens (primary N) is 1. The second kappa shape index (κ2) is 3.88. The fraction of sp³-hybridized carbons (Fsp3) is 0.769. The van der Waals surface area contributed by atoms with Gasteiger partial charge in [0.25, 0.3) is 0 Å². The minimum atomic E-state index is 0.213. The predicted molar refractivity (Wildman–Crippen MR) is 64.4 cm³/mol. The Bertz CT molecular complexity index is 351. The van der Waals surface area contributed by atoms with Crippen LogP contribution in [0.5, 0.6) is 0 Å². The predicted octanol–water partition coefficient (Wildman–Crippen LogP) is 1.99. The lowest BCUT2D eigenvalue weighted by molar-refractivity contribution is 0.440. The Morgan fingerprint density at radius 2 is 2.06 bits per heavy atom. The topological polar surface area (TPSA) is 43.8 Å². The van der Waals surface area contributed by atoms with Crippen LogP contribution in [-0.2, 0) is 18.4 Å². The molecule has 1 aliphatic heterocycles. The van der Waals surface area contributed by atoms with Crippen LogP contribution in [0, 0.1) is 0 Å². The first-order valence-corrected chi connectivity index (χ1v) is 6.61. The highest BCUT2D eigenvalue weighted by Crippen LogP contribution is 2.40. The summed E-state index contributed by atoms with van der Waals surface area (Å²) in [4.78, 5) is 4.86. The number of rotatable bonds is 2. The molecule has 1 fully saturated rings. The van der Waals surface area contributed by atoms with Crippen molar-refractivity contribution in [2.24, 2.45) is 5.73 Å². The maximum atomic E-state index is 6.01. The molecule has 0 saturated heterocycles. The summed E-state index contributed by atoms with van der Waals surface area (Å²) < 4.78 is 2.36. The van der Waals surface area contributed by atoms with Crippen LogP contribution >= 0.6 is 0 Å². The van der Waals surface area contributed by atoms with E-state index in [1.165, 1.54) is 50.0 Å². The van der Waals surface area contributed by atoms with Crippen molar-refractivity contribution in [2.45, 2.75) is 56.9 Å². The molecule has 0 bridgehead atoms. The molecule has 3 rings (SSSR count). The molecule has 0 aromatic carbocycles. The Morgan fingerprint density at radius 1 is 1.25 bits per heavy atom. The lowest BCUT2D eigenvalue weighted by Gasteiger charge is -2.24. The Labute approximate surface area is 97.0 Å². The van der Waals surface area contributed by atoms with Gasteiger partial charge >= 0.3 is 0 Å². The Balaban J connectivity index is 1.96. The molecule has 1 saturated carbocycles. The van der Waals surface area contributed by atoms with E-state index in [0.29, 0.717) is 0 Å². The normalized spacial score (nSPS) is 23.3. The maximum Gasteiger partial charge on any atom is 0.108 e. The molecule has 2 N–H and O–H groups in total. The first kappa shape index (κ1) is 10.3. The largest absolute Gasteiger partial charge is 0.335 e. The van der Waals surface area contributed by atoms with Crippen LogP contribution in [0.3, 0.4) is 0 Å². The number of hydrogen-bond acceptors (Lipinski definition) is 2. The van der Waals surface area contributed by atoms with Gasteiger partial charge in [-0.25, -0.2) is 4.98 Å². The van der Waals surface area contributed by atoms with Gasteiger partial charge in [-0.15, -0.1) is 0 Å². The van der Waals surface area contributed by atoms with E-state index in [0.717, 1.165) is 19.5 Å². The molecular formula is C13H21N3. The molecule has 0 atom stereocenters. The molecular weight excluding hydrogens is 198 g/mol. The van der Waals surface area contributed by atoms with Crippen molar-refractivity contribution in [3.05, 3.63) is 17.7 Å². The summed E-state index contributed by atoms with van der Waals surface area (Å²) in [6.07, 6.45) is 11.1. The van der Waals surface area contributed by atoms with Gasteiger partial charge in [0.15, 0.2) is 0 Å². The van der Waals surface area contributed by atoms with Crippen LogP contribution < -0.4 is 5.73 Å². The average Bonchev–Trinajstić information content (AvgIpc) is 2.96. The highest BCUT2D eigenvalue weighted by molar-refractivity contribution is 5.20. The molecule has 0 spiro atoms. The zero-order valence-electron chi connectivity index (χ0n) is 9.91. The summed E-state index contributed by atoms with van der Waals surface area (Å²) in [5.41, 5.74) is 7.50. The summed E-state index contributed by atoms with van der Waals surface area (Å²) in [6.45, 7) is 1.92. The minimum absolute atomic E-state index is 0.213. The highest BCUT2D eigenvalue weighted by atomic mass is 15.1. The third-order valence-corrected chi connectivity index (χ3v) is 4.40. The fourth-order valence-electron chi connectivity index (χ4n) is 3.28. The van der Waals surface area contributed by atoms with E-state index in [1.807, 2.05) is 0 Å². The van der Waals surface area contributed by atoms with E-state index in [4.69, 9.17) is 10.7 Å². The number of aromatic nitrogens is 2. The molecule has 1 aromatic rings. The average molecular weight is 219 g/mol. The van der Waals surface area contributed by atoms with E-state index in [1.54, 1.807) is 0 Å². The van der Waals surface area contributed by atoms with E-state index < -0.39 is 0 Å². The maximum absolute atomic E-state index is 6.01. The first-order chi connectivity index (χ1) is 7.84. The second-order valence-corrected chi connectivity index (χ2v) is 5.38. The third kappa shape index (κ3) is 1.49. The second-order valence-electron chi connectivity index (χ2n) is 5.38. The van der Waals surface area contributed by atoms with Gasteiger partial charge in [-0.1, -0.05) is 12.8 Å². The van der Waals surface area contributed by atoms with Crippen molar-refractivity contribution in [1.29, 1.82) is 0 Å². The quantitative estimate of drug-likeness (QED) is 0.826. The molecule has 0 radical (unpaired) electrons. The lowest BCUT2D eigenvalue weighted by atomic mass is 9.83. The summed E-state index contributed by atoms with van der Waals surface area (Å²) >= 11 is 0. The zero-order valence-corrected chi connectivity index (χ0v) is 9.91. The molecule has 88 valence electrons. The summed E-state index contributed by atoms with van der Waals surface area (Å²) in [7, 11) is 0. The van der Waals surface area contributed by atoms with Crippen molar-refractivity contribution in [1.82, 2.24) is 9.55 Å². The molecule has 3 nitrogen and oxygen atoms in total. The molecule has 0 unspecified atom stereocenters. The molecule has 0 amide bonds. The molecule has 3 heteroatoms. The van der Waals surface area contributed by atoms with Gasteiger partial charge in [-0.3, -0.25) is 0 Å². The monoisotopic (exact) mass is 219 g/mol. The number of fused-ring (bicyclic) bond motifs is 1. The van der Waals surface area contributed by atoms with Crippen LogP contribution in [-0.4, -0.2) is 16.1 Å². The van der Waals surface area contributed by atoms with E-state index in [2.05, 4.69) is 10.8 Å². The molecule has 1 aliphatic carbocycles. The van der Waals surface area contributed by atoms with Crippen LogP contribution in [0.2, 0.25) is 0 Å². The Kier molecular flexibility index (Phi) is 2.51. The van der Waals surface area contributed by atoms with Gasteiger partial charge in [0.05, 0.1) is 5.69 Å². The number of aryl methyl sites for hydroxylation is 2. The van der Waals surface area contributed by atoms with Gasteiger partial charge in [-0.2, -0.15) is 0 Å². The highest BCUT2D eigenvalue weighted by Gasteiger charge is 2.37. The summed E-state index contributed by atoms with van der Waals surface area (Å²) in [5, 5.41) is 0. The fourth-order valence-corrected chi connectivity index (χ4v) is 3.28. The van der Waals surface area contributed by atoms with Crippen LogP contribution in [0.15, 0.2) is 6.20 Å². The SMILES string of the molecule is NCC1(c2cn3c(n2)CCCC3)CCCC1. The smallest absolute Gasteiger partial charge is 0.108 e. The van der Waals surface area contributed by atoms with Gasteiger partial charge in [0.1, 0.15) is 5.82 Å². The molecule has 2 heterocycles. The molecule has 16 heavy (non-hydrogen) atoms. The van der Waals surface area contributed by atoms with E-state index in [9.17, 15) is 0 Å². The van der Waals surface area contributed by atoms with E-state index >= 15 is 0 Å². The van der Waals surface area contributed by atoms with Crippen molar-refractivity contribution in [2.75, 3.05) is 6.54 Å². The standard InChI is InChI=1S/C13H21N3/c14-10-13(6-2-3-7-13)11-9-16-8-4-1-5-12(16)15-11/h9H,1-8,10,14H2. The van der Waals surface area contributed by atoms with Gasteiger partial charge < -0.3 is 10.3 Å². The van der Waals surface area contributed by atoms with Crippen LogP contribution in [0.1, 0.15) is 50.0 Å². The number of nitrogens with zero attached hydrogens (tertiary/aromatic N) is 2. The van der Waals surface area contributed by atoms with Crippen molar-refractivity contribution >= 4 is 0 Å². The van der Waals surface area contributed by atoms with Crippen molar-refractivity contribution in [3.8, 4) is 0 Å². The van der Waals surface area contributed by atoms with Crippen LogP contribution in [0.25, 0.3) is 0 Å². The van der Waals surface area contributed by atoms with Crippen molar-refractivity contribution in [3.63, 3.8) is 0 Å². The summed E-state index contributed by atoms with van der Waals surface area (Å²) in [6, 6.07) is 0. The first-order valence-electron chi connectivity index (χ1n) is 6.61. The minimum Gasteiger partial charge on any atom is -0.335 e. The van der Waals surface area contributed by atoms with Crippen LogP contribution in [0.4, 0.5) is 0 Å². The number of imidazole rings is 1. The number of hydrogen-bond donors (Lipinski definition) is 1.